The van der Waals surface area contributed by atoms with Gasteiger partial charge in [0.15, 0.2) is 0 Å². The topological polar surface area (TPSA) is 53.0 Å². The molecule has 1 aromatic carbocycles. The first kappa shape index (κ1) is 16.1. The van der Waals surface area contributed by atoms with Crippen LogP contribution in [0, 0.1) is 0 Å². The molecule has 6 heteroatoms. The summed E-state index contributed by atoms with van der Waals surface area (Å²) in [4.78, 5) is 15.3. The summed E-state index contributed by atoms with van der Waals surface area (Å²) in [6.45, 7) is 5.70. The first-order chi connectivity index (χ1) is 10.0. The molecule has 5 nitrogen and oxygen atoms in total. The maximum absolute atomic E-state index is 11.0. The largest absolute Gasteiger partial charge is 0.496 e. The van der Waals surface area contributed by atoms with E-state index in [4.69, 9.17) is 21.4 Å². The van der Waals surface area contributed by atoms with Crippen LogP contribution in [-0.2, 0) is 11.3 Å². The van der Waals surface area contributed by atoms with Crippen molar-refractivity contribution in [1.29, 1.82) is 0 Å². The van der Waals surface area contributed by atoms with Crippen molar-refractivity contribution in [2.75, 3.05) is 33.3 Å². The number of carboxylic acids is 1. The molecule has 0 spiro atoms. The Balaban J connectivity index is 1.95. The lowest BCUT2D eigenvalue weighted by atomic mass is 10.1. The Morgan fingerprint density at radius 2 is 2.05 bits per heavy atom. The van der Waals surface area contributed by atoms with Gasteiger partial charge in [-0.25, -0.2) is 0 Å². The number of benzene rings is 1. The molecule has 1 aromatic rings. The number of hydrogen-bond donors (Lipinski definition) is 1. The van der Waals surface area contributed by atoms with Crippen molar-refractivity contribution in [2.24, 2.45) is 0 Å². The van der Waals surface area contributed by atoms with E-state index < -0.39 is 12.0 Å². The Morgan fingerprint density at radius 1 is 1.38 bits per heavy atom. The lowest BCUT2D eigenvalue weighted by Gasteiger charge is -2.36. The van der Waals surface area contributed by atoms with E-state index >= 15 is 0 Å². The number of halogens is 1. The van der Waals surface area contributed by atoms with E-state index in [0.29, 0.717) is 5.02 Å². The molecule has 1 atom stereocenters. The molecule has 1 fully saturated rings. The fraction of sp³-hybridized carbons (Fsp3) is 0.533. The van der Waals surface area contributed by atoms with E-state index in [1.807, 2.05) is 23.1 Å². The first-order valence-corrected chi connectivity index (χ1v) is 7.40. The molecule has 0 saturated carbocycles. The van der Waals surface area contributed by atoms with E-state index in [9.17, 15) is 4.79 Å². The van der Waals surface area contributed by atoms with Gasteiger partial charge in [-0.05, 0) is 25.1 Å². The second kappa shape index (κ2) is 7.11. The Morgan fingerprint density at radius 3 is 2.62 bits per heavy atom. The van der Waals surface area contributed by atoms with Crippen molar-refractivity contribution in [2.45, 2.75) is 19.5 Å². The van der Waals surface area contributed by atoms with E-state index in [2.05, 4.69) is 4.90 Å². The zero-order valence-electron chi connectivity index (χ0n) is 12.4. The summed E-state index contributed by atoms with van der Waals surface area (Å²) in [5.74, 6) is 0.0701. The molecule has 1 aliphatic rings. The predicted molar refractivity (Wildman–Crippen MR) is 82.0 cm³/mol. The molecule has 0 bridgehead atoms. The maximum atomic E-state index is 11.0. The van der Waals surface area contributed by atoms with Crippen LogP contribution in [0.15, 0.2) is 18.2 Å². The van der Waals surface area contributed by atoms with Crippen LogP contribution in [0.4, 0.5) is 0 Å². The summed E-state index contributed by atoms with van der Waals surface area (Å²) in [5, 5.41) is 9.75. The standard InChI is InChI=1S/C15H21ClN2O3/c1-11(15(19)20)18-7-5-17(6-8-18)10-12-9-13(16)3-4-14(12)21-2/h3-4,9,11H,5-8,10H2,1-2H3,(H,19,20). The highest BCUT2D eigenvalue weighted by Crippen LogP contribution is 2.24. The molecule has 0 aromatic heterocycles. The summed E-state index contributed by atoms with van der Waals surface area (Å²) >= 11 is 6.04. The third-order valence-corrected chi connectivity index (χ3v) is 4.18. The minimum Gasteiger partial charge on any atom is -0.496 e. The number of carbonyl (C=O) groups is 1. The first-order valence-electron chi connectivity index (χ1n) is 7.03. The third-order valence-electron chi connectivity index (χ3n) is 3.95. The van der Waals surface area contributed by atoms with Crippen molar-refractivity contribution in [3.05, 3.63) is 28.8 Å². The van der Waals surface area contributed by atoms with Crippen LogP contribution in [0.1, 0.15) is 12.5 Å². The maximum Gasteiger partial charge on any atom is 0.320 e. The lowest BCUT2D eigenvalue weighted by Crippen LogP contribution is -2.51. The number of ether oxygens (including phenoxy) is 1. The van der Waals surface area contributed by atoms with Gasteiger partial charge in [0.05, 0.1) is 7.11 Å². The summed E-state index contributed by atoms with van der Waals surface area (Å²) in [7, 11) is 1.65. The predicted octanol–water partition coefficient (Wildman–Crippen LogP) is 1.94. The fourth-order valence-corrected chi connectivity index (χ4v) is 2.77. The van der Waals surface area contributed by atoms with Crippen molar-refractivity contribution in [3.63, 3.8) is 0 Å². The smallest absolute Gasteiger partial charge is 0.320 e. The zero-order chi connectivity index (χ0) is 15.4. The Labute approximate surface area is 130 Å². The summed E-state index contributed by atoms with van der Waals surface area (Å²) in [6, 6.07) is 5.19. The molecule has 1 aliphatic heterocycles. The summed E-state index contributed by atoms with van der Waals surface area (Å²) in [6.07, 6.45) is 0. The van der Waals surface area contributed by atoms with Gasteiger partial charge in [-0.1, -0.05) is 11.6 Å². The Hall–Kier alpha value is -1.30. The third kappa shape index (κ3) is 4.09. The molecule has 0 amide bonds. The molecular formula is C15H21ClN2O3. The van der Waals surface area contributed by atoms with Gasteiger partial charge in [-0.2, -0.15) is 0 Å². The molecule has 1 saturated heterocycles. The molecule has 0 radical (unpaired) electrons. The van der Waals surface area contributed by atoms with Gasteiger partial charge in [0, 0.05) is 43.3 Å². The average Bonchev–Trinajstić information content (AvgIpc) is 2.47. The minimum atomic E-state index is -0.764. The summed E-state index contributed by atoms with van der Waals surface area (Å²) < 4.78 is 5.36. The van der Waals surface area contributed by atoms with Gasteiger partial charge in [0.2, 0.25) is 0 Å². The average molecular weight is 313 g/mol. The number of methoxy groups -OCH3 is 1. The second-order valence-corrected chi connectivity index (χ2v) is 5.72. The van der Waals surface area contributed by atoms with Crippen LogP contribution in [0.3, 0.4) is 0 Å². The monoisotopic (exact) mass is 312 g/mol. The molecule has 1 heterocycles. The second-order valence-electron chi connectivity index (χ2n) is 5.28. The van der Waals surface area contributed by atoms with Crippen molar-refractivity contribution >= 4 is 17.6 Å². The zero-order valence-corrected chi connectivity index (χ0v) is 13.1. The number of piperazine rings is 1. The van der Waals surface area contributed by atoms with E-state index in [-0.39, 0.29) is 0 Å². The van der Waals surface area contributed by atoms with Gasteiger partial charge in [-0.3, -0.25) is 14.6 Å². The van der Waals surface area contributed by atoms with Crippen LogP contribution in [0.25, 0.3) is 0 Å². The van der Waals surface area contributed by atoms with Crippen LogP contribution in [-0.4, -0.2) is 60.2 Å². The van der Waals surface area contributed by atoms with Gasteiger partial charge in [0.1, 0.15) is 11.8 Å². The number of rotatable bonds is 5. The highest BCUT2D eigenvalue weighted by atomic mass is 35.5. The Bertz CT molecular complexity index is 502. The Kier molecular flexibility index (Phi) is 5.45. The van der Waals surface area contributed by atoms with Crippen molar-refractivity contribution < 1.29 is 14.6 Å². The molecule has 2 rings (SSSR count). The molecular weight excluding hydrogens is 292 g/mol. The molecule has 1 N–H and O–H groups in total. The van der Waals surface area contributed by atoms with E-state index in [1.165, 1.54) is 0 Å². The lowest BCUT2D eigenvalue weighted by molar-refractivity contribution is -0.143. The van der Waals surface area contributed by atoms with Gasteiger partial charge >= 0.3 is 5.97 Å². The number of aliphatic carboxylic acids is 1. The fourth-order valence-electron chi connectivity index (χ4n) is 2.58. The van der Waals surface area contributed by atoms with E-state index in [0.717, 1.165) is 44.0 Å². The van der Waals surface area contributed by atoms with Gasteiger partial charge < -0.3 is 9.84 Å². The molecule has 116 valence electrons. The van der Waals surface area contributed by atoms with Gasteiger partial charge in [-0.15, -0.1) is 0 Å². The van der Waals surface area contributed by atoms with E-state index in [1.54, 1.807) is 14.0 Å². The number of nitrogens with zero attached hydrogens (tertiary/aromatic N) is 2. The molecule has 21 heavy (non-hydrogen) atoms. The highest BCUT2D eigenvalue weighted by molar-refractivity contribution is 6.30. The van der Waals surface area contributed by atoms with Gasteiger partial charge in [0.25, 0.3) is 0 Å². The van der Waals surface area contributed by atoms with Crippen LogP contribution in [0.2, 0.25) is 5.02 Å². The minimum absolute atomic E-state index is 0.423. The van der Waals surface area contributed by atoms with Crippen LogP contribution >= 0.6 is 11.6 Å². The molecule has 0 aliphatic carbocycles. The molecule has 1 unspecified atom stereocenters. The quantitative estimate of drug-likeness (QED) is 0.900. The number of carboxylic acid groups (broad SMARTS) is 1. The van der Waals surface area contributed by atoms with Crippen LogP contribution < -0.4 is 4.74 Å². The van der Waals surface area contributed by atoms with Crippen molar-refractivity contribution in [1.82, 2.24) is 9.80 Å². The normalized spacial score (nSPS) is 18.4. The SMILES string of the molecule is COc1ccc(Cl)cc1CN1CCN(C(C)C(=O)O)CC1. The summed E-state index contributed by atoms with van der Waals surface area (Å²) in [5.41, 5.74) is 1.06. The number of hydrogen-bond acceptors (Lipinski definition) is 4. The van der Waals surface area contributed by atoms with Crippen molar-refractivity contribution in [3.8, 4) is 5.75 Å². The highest BCUT2D eigenvalue weighted by Gasteiger charge is 2.25. The van der Waals surface area contributed by atoms with Crippen LogP contribution in [0.5, 0.6) is 5.75 Å².